The third-order valence-electron chi connectivity index (χ3n) is 6.33. The molecule has 2 aromatic heterocycles. The molecule has 34 heavy (non-hydrogen) atoms. The van der Waals surface area contributed by atoms with Gasteiger partial charge in [-0.3, -0.25) is 19.0 Å². The van der Waals surface area contributed by atoms with Gasteiger partial charge in [-0.25, -0.2) is 0 Å². The molecule has 0 bridgehead atoms. The summed E-state index contributed by atoms with van der Waals surface area (Å²) in [4.78, 5) is 40.5. The van der Waals surface area contributed by atoms with Crippen molar-refractivity contribution in [2.24, 2.45) is 11.8 Å². The number of ether oxygens (including phenoxy) is 1. The summed E-state index contributed by atoms with van der Waals surface area (Å²) in [7, 11) is 1.69. The Bertz CT molecular complexity index is 1150. The number of amides is 2. The third kappa shape index (κ3) is 5.01. The van der Waals surface area contributed by atoms with E-state index in [1.165, 1.54) is 21.4 Å². The van der Waals surface area contributed by atoms with Gasteiger partial charge in [-0.05, 0) is 43.6 Å². The monoisotopic (exact) mass is 471 g/mol. The molecule has 3 heterocycles. The fourth-order valence-corrected chi connectivity index (χ4v) is 4.37. The first-order valence-corrected chi connectivity index (χ1v) is 11.9. The number of aromatic nitrogens is 3. The largest absolute Gasteiger partial charge is 0.492 e. The molecule has 10 nitrogen and oxygen atoms in total. The number of rotatable bonds is 8. The highest BCUT2D eigenvalue weighted by Crippen LogP contribution is 2.24. The van der Waals surface area contributed by atoms with E-state index >= 15 is 0 Å². The molecule has 1 aliphatic heterocycles. The van der Waals surface area contributed by atoms with Crippen molar-refractivity contribution in [1.82, 2.24) is 24.4 Å². The number of piperidine rings is 1. The van der Waals surface area contributed by atoms with Crippen LogP contribution in [-0.2, 0) is 16.1 Å². The van der Waals surface area contributed by atoms with Crippen LogP contribution in [0.1, 0.15) is 55.5 Å². The fourth-order valence-electron chi connectivity index (χ4n) is 4.37. The van der Waals surface area contributed by atoms with Crippen LogP contribution in [0, 0.1) is 11.8 Å². The molecular weight excluding hydrogens is 438 g/mol. The summed E-state index contributed by atoms with van der Waals surface area (Å²) < 4.78 is 7.88. The molecule has 1 saturated carbocycles. The molecule has 2 aliphatic rings. The first-order valence-electron chi connectivity index (χ1n) is 11.9. The molecule has 0 radical (unpaired) electrons. The second-order valence-corrected chi connectivity index (χ2v) is 9.65. The number of aromatic hydroxyl groups is 1. The van der Waals surface area contributed by atoms with Gasteiger partial charge in [-0.1, -0.05) is 13.8 Å². The standard InChI is InChI=1S/C24H33N5O5/c1-15(2)13-28-22-17(4-7-19(30)27-10-8-16(9-11-27)14-34-3)12-25-29(22)24(33)20(23(28)32)21(31)26-18-5-6-18/h4,7,12,15-16,18,33H,5-6,8-11,13-14H2,1-3H3,(H,26,31)/b7-4+. The van der Waals surface area contributed by atoms with Gasteiger partial charge in [-0.15, -0.1) is 0 Å². The van der Waals surface area contributed by atoms with E-state index in [-0.39, 0.29) is 23.4 Å². The SMILES string of the molecule is COCC1CCN(C(=O)/C=C/c2cnn3c(O)c(C(=O)NC4CC4)c(=O)n(CC(C)C)c23)CC1. The molecule has 2 amide bonds. The van der Waals surface area contributed by atoms with E-state index in [1.807, 2.05) is 13.8 Å². The number of hydrogen-bond acceptors (Lipinski definition) is 6. The summed E-state index contributed by atoms with van der Waals surface area (Å²) in [6.07, 6.45) is 8.11. The van der Waals surface area contributed by atoms with Gasteiger partial charge in [0.2, 0.25) is 11.8 Å². The Morgan fingerprint density at radius 2 is 1.97 bits per heavy atom. The number of carbonyl (C=O) groups is 2. The van der Waals surface area contributed by atoms with E-state index in [0.29, 0.717) is 43.4 Å². The summed E-state index contributed by atoms with van der Waals surface area (Å²) in [6, 6.07) is 0.0437. The van der Waals surface area contributed by atoms with Crippen molar-refractivity contribution in [1.29, 1.82) is 0 Å². The maximum absolute atomic E-state index is 13.3. The van der Waals surface area contributed by atoms with Crippen LogP contribution in [0.2, 0.25) is 0 Å². The van der Waals surface area contributed by atoms with Gasteiger partial charge >= 0.3 is 0 Å². The second-order valence-electron chi connectivity index (χ2n) is 9.65. The number of likely N-dealkylation sites (tertiary alicyclic amines) is 1. The highest BCUT2D eigenvalue weighted by atomic mass is 16.5. The molecule has 2 fully saturated rings. The van der Waals surface area contributed by atoms with Crippen LogP contribution in [0.5, 0.6) is 5.88 Å². The minimum Gasteiger partial charge on any atom is -0.492 e. The third-order valence-corrected chi connectivity index (χ3v) is 6.33. The highest BCUT2D eigenvalue weighted by Gasteiger charge is 2.30. The van der Waals surface area contributed by atoms with E-state index in [2.05, 4.69) is 10.4 Å². The fraction of sp³-hybridized carbons (Fsp3) is 0.583. The molecule has 0 unspecified atom stereocenters. The van der Waals surface area contributed by atoms with Crippen LogP contribution in [-0.4, -0.2) is 68.9 Å². The van der Waals surface area contributed by atoms with Crippen LogP contribution < -0.4 is 10.9 Å². The molecule has 1 aliphatic carbocycles. The predicted octanol–water partition coefficient (Wildman–Crippen LogP) is 1.65. The van der Waals surface area contributed by atoms with Gasteiger partial charge in [0.25, 0.3) is 11.5 Å². The minimum atomic E-state index is -0.593. The maximum Gasteiger partial charge on any atom is 0.270 e. The molecule has 0 aromatic carbocycles. The number of methoxy groups -OCH3 is 1. The molecule has 0 spiro atoms. The number of nitrogens with zero attached hydrogens (tertiary/aromatic N) is 4. The Morgan fingerprint density at radius 1 is 1.26 bits per heavy atom. The van der Waals surface area contributed by atoms with Crippen molar-refractivity contribution in [2.75, 3.05) is 26.8 Å². The van der Waals surface area contributed by atoms with Crippen molar-refractivity contribution in [2.45, 2.75) is 52.1 Å². The average molecular weight is 472 g/mol. The van der Waals surface area contributed by atoms with Crippen LogP contribution >= 0.6 is 0 Å². The molecule has 10 heteroatoms. The lowest BCUT2D eigenvalue weighted by molar-refractivity contribution is -0.127. The Kier molecular flexibility index (Phi) is 7.06. The lowest BCUT2D eigenvalue weighted by Gasteiger charge is -2.30. The normalized spacial score (nSPS) is 17.2. The molecular formula is C24H33N5O5. The van der Waals surface area contributed by atoms with Crippen LogP contribution in [0.4, 0.5) is 0 Å². The first-order chi connectivity index (χ1) is 16.3. The average Bonchev–Trinajstić information content (AvgIpc) is 3.51. The Hall–Kier alpha value is -3.14. The van der Waals surface area contributed by atoms with Crippen LogP contribution in [0.3, 0.4) is 0 Å². The zero-order valence-corrected chi connectivity index (χ0v) is 20.0. The van der Waals surface area contributed by atoms with Crippen LogP contribution in [0.25, 0.3) is 11.7 Å². The summed E-state index contributed by atoms with van der Waals surface area (Å²) in [5, 5.41) is 17.8. The van der Waals surface area contributed by atoms with Gasteiger partial charge < -0.3 is 20.1 Å². The van der Waals surface area contributed by atoms with Crippen molar-refractivity contribution >= 4 is 23.5 Å². The molecule has 4 rings (SSSR count). The summed E-state index contributed by atoms with van der Waals surface area (Å²) in [6.45, 7) is 6.30. The zero-order valence-electron chi connectivity index (χ0n) is 20.0. The topological polar surface area (TPSA) is 118 Å². The van der Waals surface area contributed by atoms with E-state index in [0.717, 1.165) is 25.7 Å². The maximum atomic E-state index is 13.3. The van der Waals surface area contributed by atoms with E-state index in [9.17, 15) is 19.5 Å². The quantitative estimate of drug-likeness (QED) is 0.565. The number of hydrogen-bond donors (Lipinski definition) is 2. The minimum absolute atomic E-state index is 0.0437. The predicted molar refractivity (Wildman–Crippen MR) is 127 cm³/mol. The molecule has 184 valence electrons. The summed E-state index contributed by atoms with van der Waals surface area (Å²) >= 11 is 0. The lowest BCUT2D eigenvalue weighted by Crippen LogP contribution is -2.38. The Morgan fingerprint density at radius 3 is 2.59 bits per heavy atom. The summed E-state index contributed by atoms with van der Waals surface area (Å²) in [5.74, 6) is -0.629. The Labute approximate surface area is 198 Å². The molecule has 1 saturated heterocycles. The highest BCUT2D eigenvalue weighted by molar-refractivity contribution is 5.97. The van der Waals surface area contributed by atoms with Gasteiger partial charge in [0, 0.05) is 51.0 Å². The number of nitrogens with one attached hydrogen (secondary N) is 1. The molecule has 0 atom stereocenters. The molecule has 2 N–H and O–H groups in total. The van der Waals surface area contributed by atoms with E-state index in [4.69, 9.17) is 4.74 Å². The smallest absolute Gasteiger partial charge is 0.270 e. The van der Waals surface area contributed by atoms with Gasteiger partial charge in [-0.2, -0.15) is 9.61 Å². The Balaban J connectivity index is 1.64. The number of fused-ring (bicyclic) bond motifs is 1. The van der Waals surface area contributed by atoms with Gasteiger partial charge in [0.05, 0.1) is 6.20 Å². The van der Waals surface area contributed by atoms with Crippen molar-refractivity contribution in [3.05, 3.63) is 33.8 Å². The summed E-state index contributed by atoms with van der Waals surface area (Å²) in [5.41, 5.74) is -0.0147. The number of carbonyl (C=O) groups excluding carboxylic acids is 2. The van der Waals surface area contributed by atoms with Crippen molar-refractivity contribution < 1.29 is 19.4 Å². The van der Waals surface area contributed by atoms with Crippen molar-refractivity contribution in [3.63, 3.8) is 0 Å². The van der Waals surface area contributed by atoms with E-state index in [1.54, 1.807) is 18.1 Å². The van der Waals surface area contributed by atoms with Gasteiger partial charge in [0.1, 0.15) is 5.65 Å². The lowest BCUT2D eigenvalue weighted by atomic mass is 9.98. The van der Waals surface area contributed by atoms with E-state index < -0.39 is 17.3 Å². The second kappa shape index (κ2) is 10.0. The first kappa shape index (κ1) is 24.0. The van der Waals surface area contributed by atoms with Gasteiger partial charge in [0.15, 0.2) is 5.56 Å². The molecule has 2 aromatic rings. The van der Waals surface area contributed by atoms with Crippen molar-refractivity contribution in [3.8, 4) is 5.88 Å². The zero-order chi connectivity index (χ0) is 24.4. The van der Waals surface area contributed by atoms with Crippen LogP contribution in [0.15, 0.2) is 17.1 Å².